The van der Waals surface area contributed by atoms with Gasteiger partial charge in [0.15, 0.2) is 5.82 Å². The molecular weight excluding hydrogens is 288 g/mol. The standard InChI is InChI=1S/C13H12Cl2FN3/c1-2-4-11-18-10(15)7-12(19-11)17-9-6-3-5-8(14)13(9)16/h3,5-7H,2,4H2,1H3,(H,17,18,19). The number of hydrogen-bond donors (Lipinski definition) is 1. The average Bonchev–Trinajstić information content (AvgIpc) is 2.35. The van der Waals surface area contributed by atoms with E-state index in [-0.39, 0.29) is 10.7 Å². The molecule has 1 aromatic heterocycles. The summed E-state index contributed by atoms with van der Waals surface area (Å²) in [4.78, 5) is 8.37. The smallest absolute Gasteiger partial charge is 0.165 e. The van der Waals surface area contributed by atoms with Crippen LogP contribution in [0.5, 0.6) is 0 Å². The number of benzene rings is 1. The number of hydrogen-bond acceptors (Lipinski definition) is 3. The van der Waals surface area contributed by atoms with Crippen LogP contribution in [0.2, 0.25) is 10.2 Å². The van der Waals surface area contributed by atoms with E-state index >= 15 is 0 Å². The summed E-state index contributed by atoms with van der Waals surface area (Å²) in [5.41, 5.74) is 0.254. The third kappa shape index (κ3) is 3.55. The molecule has 2 aromatic rings. The van der Waals surface area contributed by atoms with Crippen LogP contribution in [-0.2, 0) is 6.42 Å². The van der Waals surface area contributed by atoms with Crippen LogP contribution in [0.4, 0.5) is 15.9 Å². The van der Waals surface area contributed by atoms with Crippen LogP contribution in [0, 0.1) is 5.82 Å². The molecule has 1 N–H and O–H groups in total. The second kappa shape index (κ2) is 6.17. The van der Waals surface area contributed by atoms with E-state index < -0.39 is 5.82 Å². The molecule has 0 spiro atoms. The highest BCUT2D eigenvalue weighted by molar-refractivity contribution is 6.31. The fourth-order valence-corrected chi connectivity index (χ4v) is 1.98. The van der Waals surface area contributed by atoms with Crippen molar-refractivity contribution in [1.82, 2.24) is 9.97 Å². The lowest BCUT2D eigenvalue weighted by molar-refractivity contribution is 0.632. The van der Waals surface area contributed by atoms with E-state index in [1.807, 2.05) is 6.92 Å². The maximum Gasteiger partial charge on any atom is 0.165 e. The van der Waals surface area contributed by atoms with Crippen molar-refractivity contribution >= 4 is 34.7 Å². The number of aromatic nitrogens is 2. The molecule has 0 saturated carbocycles. The molecule has 0 amide bonds. The van der Waals surface area contributed by atoms with Crippen molar-refractivity contribution in [3.8, 4) is 0 Å². The van der Waals surface area contributed by atoms with Crippen LogP contribution in [0.1, 0.15) is 19.2 Å². The zero-order valence-corrected chi connectivity index (χ0v) is 11.8. The van der Waals surface area contributed by atoms with Crippen molar-refractivity contribution in [3.63, 3.8) is 0 Å². The molecule has 0 atom stereocenters. The largest absolute Gasteiger partial charge is 0.338 e. The minimum absolute atomic E-state index is 0.0546. The normalized spacial score (nSPS) is 10.5. The molecule has 0 radical (unpaired) electrons. The van der Waals surface area contributed by atoms with Crippen LogP contribution in [0.3, 0.4) is 0 Å². The van der Waals surface area contributed by atoms with Crippen molar-refractivity contribution in [3.05, 3.63) is 46.1 Å². The van der Waals surface area contributed by atoms with Gasteiger partial charge in [-0.3, -0.25) is 0 Å². The molecular formula is C13H12Cl2FN3. The van der Waals surface area contributed by atoms with Crippen molar-refractivity contribution < 1.29 is 4.39 Å². The molecule has 0 aliphatic rings. The van der Waals surface area contributed by atoms with Gasteiger partial charge in [0.2, 0.25) is 0 Å². The SMILES string of the molecule is CCCc1nc(Cl)cc(Nc2cccc(Cl)c2F)n1. The molecule has 0 unspecified atom stereocenters. The summed E-state index contributed by atoms with van der Waals surface area (Å²) in [7, 11) is 0. The molecule has 100 valence electrons. The highest BCUT2D eigenvalue weighted by Gasteiger charge is 2.08. The maximum absolute atomic E-state index is 13.8. The average molecular weight is 300 g/mol. The summed E-state index contributed by atoms with van der Waals surface area (Å²) in [5.74, 6) is 0.556. The molecule has 0 aliphatic carbocycles. The van der Waals surface area contributed by atoms with Gasteiger partial charge in [-0.25, -0.2) is 14.4 Å². The van der Waals surface area contributed by atoms with Crippen LogP contribution in [0.25, 0.3) is 0 Å². The number of halogens is 3. The Labute approximate surface area is 120 Å². The number of nitrogens with zero attached hydrogens (tertiary/aromatic N) is 2. The highest BCUT2D eigenvalue weighted by Crippen LogP contribution is 2.25. The molecule has 2 rings (SSSR count). The Morgan fingerprint density at radius 3 is 2.79 bits per heavy atom. The van der Waals surface area contributed by atoms with Gasteiger partial charge in [-0.2, -0.15) is 0 Å². The lowest BCUT2D eigenvalue weighted by atomic mass is 10.3. The van der Waals surface area contributed by atoms with Gasteiger partial charge in [0, 0.05) is 12.5 Å². The zero-order valence-electron chi connectivity index (χ0n) is 10.3. The number of aryl methyl sites for hydroxylation is 1. The summed E-state index contributed by atoms with van der Waals surface area (Å²) < 4.78 is 13.8. The predicted molar refractivity (Wildman–Crippen MR) is 75.7 cm³/mol. The van der Waals surface area contributed by atoms with E-state index in [0.717, 1.165) is 6.42 Å². The molecule has 1 heterocycles. The van der Waals surface area contributed by atoms with Crippen molar-refractivity contribution in [2.45, 2.75) is 19.8 Å². The third-order valence-corrected chi connectivity index (χ3v) is 2.91. The molecule has 0 saturated heterocycles. The molecule has 19 heavy (non-hydrogen) atoms. The molecule has 0 aliphatic heterocycles. The monoisotopic (exact) mass is 299 g/mol. The first-order valence-corrected chi connectivity index (χ1v) is 6.60. The summed E-state index contributed by atoms with van der Waals surface area (Å²) in [6, 6.07) is 6.26. The molecule has 0 fully saturated rings. The topological polar surface area (TPSA) is 37.8 Å². The zero-order chi connectivity index (χ0) is 13.8. The first kappa shape index (κ1) is 14.0. The van der Waals surface area contributed by atoms with E-state index in [0.29, 0.717) is 23.2 Å². The number of anilines is 2. The van der Waals surface area contributed by atoms with Crippen molar-refractivity contribution in [1.29, 1.82) is 0 Å². The van der Waals surface area contributed by atoms with E-state index in [9.17, 15) is 4.39 Å². The molecule has 0 bridgehead atoms. The van der Waals surface area contributed by atoms with E-state index in [1.54, 1.807) is 18.2 Å². The Bertz CT molecular complexity index is 590. The van der Waals surface area contributed by atoms with Crippen molar-refractivity contribution in [2.75, 3.05) is 5.32 Å². The first-order valence-electron chi connectivity index (χ1n) is 5.84. The van der Waals surface area contributed by atoms with Gasteiger partial charge in [0.05, 0.1) is 10.7 Å². The molecule has 3 nitrogen and oxygen atoms in total. The Hall–Kier alpha value is -1.39. The van der Waals surface area contributed by atoms with E-state index in [1.165, 1.54) is 6.07 Å². The van der Waals surface area contributed by atoms with Gasteiger partial charge >= 0.3 is 0 Å². The quantitative estimate of drug-likeness (QED) is 0.837. The van der Waals surface area contributed by atoms with Gasteiger partial charge in [0.25, 0.3) is 0 Å². The van der Waals surface area contributed by atoms with E-state index in [4.69, 9.17) is 23.2 Å². The van der Waals surface area contributed by atoms with Gasteiger partial charge in [0.1, 0.15) is 16.8 Å². The predicted octanol–water partition coefficient (Wildman–Crippen LogP) is 4.62. The Morgan fingerprint density at radius 2 is 2.05 bits per heavy atom. The molecule has 1 aromatic carbocycles. The maximum atomic E-state index is 13.8. The number of nitrogens with one attached hydrogen (secondary N) is 1. The van der Waals surface area contributed by atoms with E-state index in [2.05, 4.69) is 15.3 Å². The second-order valence-corrected chi connectivity index (χ2v) is 4.76. The summed E-state index contributed by atoms with van der Waals surface area (Å²) in [6.45, 7) is 2.02. The minimum Gasteiger partial charge on any atom is -0.338 e. The fraction of sp³-hybridized carbons (Fsp3) is 0.231. The third-order valence-electron chi connectivity index (χ3n) is 2.43. The van der Waals surface area contributed by atoms with Gasteiger partial charge in [-0.1, -0.05) is 36.2 Å². The van der Waals surface area contributed by atoms with Crippen LogP contribution < -0.4 is 5.32 Å². The minimum atomic E-state index is -0.518. The Kier molecular flexibility index (Phi) is 4.56. The Balaban J connectivity index is 2.30. The summed E-state index contributed by atoms with van der Waals surface area (Å²) in [5, 5.41) is 3.23. The van der Waals surface area contributed by atoms with Crippen LogP contribution in [0.15, 0.2) is 24.3 Å². The summed E-state index contributed by atoms with van der Waals surface area (Å²) in [6.07, 6.45) is 1.62. The lowest BCUT2D eigenvalue weighted by Crippen LogP contribution is -2.01. The van der Waals surface area contributed by atoms with Gasteiger partial charge in [-0.05, 0) is 18.6 Å². The first-order chi connectivity index (χ1) is 9.10. The van der Waals surface area contributed by atoms with Crippen LogP contribution >= 0.6 is 23.2 Å². The number of rotatable bonds is 4. The molecule has 6 heteroatoms. The lowest BCUT2D eigenvalue weighted by Gasteiger charge is -2.09. The van der Waals surface area contributed by atoms with Crippen molar-refractivity contribution in [2.24, 2.45) is 0 Å². The highest BCUT2D eigenvalue weighted by atomic mass is 35.5. The van der Waals surface area contributed by atoms with Crippen LogP contribution in [-0.4, -0.2) is 9.97 Å². The van der Waals surface area contributed by atoms with Gasteiger partial charge in [-0.15, -0.1) is 0 Å². The van der Waals surface area contributed by atoms with Gasteiger partial charge < -0.3 is 5.32 Å². The fourth-order valence-electron chi connectivity index (χ4n) is 1.60. The summed E-state index contributed by atoms with van der Waals surface area (Å²) >= 11 is 11.6. The Morgan fingerprint density at radius 1 is 1.26 bits per heavy atom. The second-order valence-electron chi connectivity index (χ2n) is 3.97.